The third-order valence-electron chi connectivity index (χ3n) is 11.3. The fraction of sp³-hybridized carbons (Fsp3) is 0.0392. The van der Waals surface area contributed by atoms with Crippen LogP contribution in [0.2, 0.25) is 0 Å². The Bertz CT molecular complexity index is 3260. The van der Waals surface area contributed by atoms with Gasteiger partial charge in [-0.25, -0.2) is 0 Å². The summed E-state index contributed by atoms with van der Waals surface area (Å²) in [6, 6.07) is 55.9. The Morgan fingerprint density at radius 3 is 1.43 bits per heavy atom. The number of aryl methyl sites for hydroxylation is 2. The van der Waals surface area contributed by atoms with Crippen LogP contribution in [0, 0.1) is 47.8 Å². The minimum Gasteiger partial charge on any atom is -0.192 e. The van der Waals surface area contributed by atoms with Crippen molar-refractivity contribution in [3.8, 4) is 73.8 Å². The second kappa shape index (κ2) is 11.8. The molecule has 0 aromatic heterocycles. The fourth-order valence-corrected chi connectivity index (χ4v) is 8.85. The van der Waals surface area contributed by atoms with Gasteiger partial charge in [0.15, 0.2) is 0 Å². The van der Waals surface area contributed by atoms with E-state index in [-0.39, 0.29) is 0 Å². The van der Waals surface area contributed by atoms with Gasteiger partial charge in [-0.2, -0.15) is 15.8 Å². The van der Waals surface area contributed by atoms with E-state index in [1.54, 1.807) is 0 Å². The molecule has 0 aliphatic heterocycles. The topological polar surface area (TPSA) is 71.4 Å². The van der Waals surface area contributed by atoms with Gasteiger partial charge >= 0.3 is 0 Å². The SMILES string of the molecule is Cc1cc(C#N)ccc1-c1cc2c3cc4c(cc3c(-c3ccc(C#N)cc3C)cc2c2ccc(C#N)cc12)-c1ccc(-c2ccccc2)c2cccc-4c12. The number of hydrogen-bond donors (Lipinski definition) is 0. The van der Waals surface area contributed by atoms with E-state index in [1.807, 2.05) is 49.4 Å². The predicted octanol–water partition coefficient (Wildman–Crippen LogP) is 13.2. The summed E-state index contributed by atoms with van der Waals surface area (Å²) in [5.41, 5.74) is 15.4. The van der Waals surface area contributed by atoms with Crippen molar-refractivity contribution in [1.29, 1.82) is 15.8 Å². The third kappa shape index (κ3) is 4.52. The molecule has 0 bridgehead atoms. The lowest BCUT2D eigenvalue weighted by Gasteiger charge is -2.19. The molecule has 54 heavy (non-hydrogen) atoms. The molecule has 0 radical (unpaired) electrons. The zero-order valence-electron chi connectivity index (χ0n) is 29.6. The van der Waals surface area contributed by atoms with Gasteiger partial charge in [-0.05, 0) is 184 Å². The maximum Gasteiger partial charge on any atom is 0.0991 e. The molecule has 0 unspecified atom stereocenters. The highest BCUT2D eigenvalue weighted by Crippen LogP contribution is 2.53. The maximum absolute atomic E-state index is 10.0. The summed E-state index contributed by atoms with van der Waals surface area (Å²) >= 11 is 0. The normalized spacial score (nSPS) is 11.5. The second-order valence-corrected chi connectivity index (χ2v) is 14.3. The van der Waals surface area contributed by atoms with Gasteiger partial charge in [0.25, 0.3) is 0 Å². The summed E-state index contributed by atoms with van der Waals surface area (Å²) in [7, 11) is 0. The Hall–Kier alpha value is -7.51. The monoisotopic (exact) mass is 683 g/mol. The molecule has 0 spiro atoms. The quantitative estimate of drug-likeness (QED) is 0.174. The second-order valence-electron chi connectivity index (χ2n) is 14.3. The number of nitriles is 3. The Labute approximate surface area is 312 Å². The first-order chi connectivity index (χ1) is 26.4. The van der Waals surface area contributed by atoms with Crippen molar-refractivity contribution in [2.75, 3.05) is 0 Å². The van der Waals surface area contributed by atoms with Gasteiger partial charge in [0, 0.05) is 0 Å². The van der Waals surface area contributed by atoms with E-state index >= 15 is 0 Å². The average Bonchev–Trinajstić information content (AvgIpc) is 3.53. The van der Waals surface area contributed by atoms with Crippen LogP contribution in [-0.2, 0) is 0 Å². The Morgan fingerprint density at radius 1 is 0.315 bits per heavy atom. The van der Waals surface area contributed by atoms with Crippen LogP contribution in [0.25, 0.3) is 98.7 Å². The molecule has 0 saturated heterocycles. The molecule has 0 N–H and O–H groups in total. The van der Waals surface area contributed by atoms with E-state index in [0.29, 0.717) is 16.7 Å². The third-order valence-corrected chi connectivity index (χ3v) is 11.3. The van der Waals surface area contributed by atoms with Crippen molar-refractivity contribution < 1.29 is 0 Å². The fourth-order valence-electron chi connectivity index (χ4n) is 8.85. The first-order valence-corrected chi connectivity index (χ1v) is 18.0. The van der Waals surface area contributed by atoms with Gasteiger partial charge in [0.05, 0.1) is 34.9 Å². The number of benzene rings is 9. The van der Waals surface area contributed by atoms with Crippen LogP contribution in [-0.4, -0.2) is 0 Å². The van der Waals surface area contributed by atoms with Gasteiger partial charge in [0.1, 0.15) is 0 Å². The zero-order chi connectivity index (χ0) is 36.7. The van der Waals surface area contributed by atoms with Crippen LogP contribution >= 0.6 is 0 Å². The molecule has 3 nitrogen and oxygen atoms in total. The van der Waals surface area contributed by atoms with Gasteiger partial charge in [0.2, 0.25) is 0 Å². The Morgan fingerprint density at radius 2 is 0.796 bits per heavy atom. The number of hydrogen-bond acceptors (Lipinski definition) is 3. The van der Waals surface area contributed by atoms with Crippen molar-refractivity contribution in [3.05, 3.63) is 167 Å². The van der Waals surface area contributed by atoms with Crippen molar-refractivity contribution in [1.82, 2.24) is 0 Å². The van der Waals surface area contributed by atoms with Crippen molar-refractivity contribution >= 4 is 43.1 Å². The van der Waals surface area contributed by atoms with Gasteiger partial charge < -0.3 is 0 Å². The molecular weight excluding hydrogens is 655 g/mol. The van der Waals surface area contributed by atoms with Crippen LogP contribution in [0.5, 0.6) is 0 Å². The van der Waals surface area contributed by atoms with Gasteiger partial charge in [-0.15, -0.1) is 0 Å². The van der Waals surface area contributed by atoms with Gasteiger partial charge in [-0.3, -0.25) is 0 Å². The summed E-state index contributed by atoms with van der Waals surface area (Å²) in [5, 5.41) is 38.4. The predicted molar refractivity (Wildman–Crippen MR) is 221 cm³/mol. The summed E-state index contributed by atoms with van der Waals surface area (Å²) < 4.78 is 0. The highest BCUT2D eigenvalue weighted by Gasteiger charge is 2.26. The first-order valence-electron chi connectivity index (χ1n) is 18.0. The average molecular weight is 684 g/mol. The van der Waals surface area contributed by atoms with E-state index in [4.69, 9.17) is 0 Å². The number of fused-ring (bicyclic) bond motifs is 8. The van der Waals surface area contributed by atoms with Crippen molar-refractivity contribution in [2.24, 2.45) is 0 Å². The minimum atomic E-state index is 0.594. The maximum atomic E-state index is 10.0. The first kappa shape index (κ1) is 31.2. The van der Waals surface area contributed by atoms with Crippen molar-refractivity contribution in [3.63, 3.8) is 0 Å². The molecule has 10 rings (SSSR count). The van der Waals surface area contributed by atoms with E-state index in [0.717, 1.165) is 65.7 Å². The number of rotatable bonds is 3. The standard InChI is InChI=1S/C51H29N3/c1-29-19-31(26-52)11-14-35(29)43-23-49-45(38-16-13-33(28-54)21-42(38)43)22-44(36-15-12-32(27-53)20-30(36)2)48-25-47-41-18-17-37(34-7-4-3-5-8-34)39-9-6-10-40(51(39)41)46(47)24-50(48)49/h3-25H,1-2H3. The van der Waals surface area contributed by atoms with Crippen LogP contribution in [0.4, 0.5) is 0 Å². The van der Waals surface area contributed by atoms with Crippen LogP contribution < -0.4 is 0 Å². The number of nitrogens with zero attached hydrogens (tertiary/aromatic N) is 3. The summed E-state index contributed by atoms with van der Waals surface area (Å²) in [6.07, 6.45) is 0. The lowest BCUT2D eigenvalue weighted by Crippen LogP contribution is -1.93. The van der Waals surface area contributed by atoms with Gasteiger partial charge in [-0.1, -0.05) is 78.9 Å². The van der Waals surface area contributed by atoms with Crippen LogP contribution in [0.3, 0.4) is 0 Å². The molecule has 0 saturated carbocycles. The Kier molecular flexibility index (Phi) is 6.81. The Balaban J connectivity index is 1.36. The molecule has 0 heterocycles. The van der Waals surface area contributed by atoms with E-state index in [2.05, 4.69) is 122 Å². The molecule has 9 aromatic carbocycles. The highest BCUT2D eigenvalue weighted by molar-refractivity contribution is 6.27. The summed E-state index contributed by atoms with van der Waals surface area (Å²) in [5.74, 6) is 0. The minimum absolute atomic E-state index is 0.594. The summed E-state index contributed by atoms with van der Waals surface area (Å²) in [4.78, 5) is 0. The molecule has 9 aromatic rings. The van der Waals surface area contributed by atoms with E-state index in [9.17, 15) is 15.8 Å². The molecule has 248 valence electrons. The molecule has 3 heteroatoms. The largest absolute Gasteiger partial charge is 0.192 e. The summed E-state index contributed by atoms with van der Waals surface area (Å²) in [6.45, 7) is 4.12. The molecule has 1 aliphatic carbocycles. The van der Waals surface area contributed by atoms with E-state index in [1.165, 1.54) is 44.2 Å². The molecule has 0 atom stereocenters. The van der Waals surface area contributed by atoms with Crippen LogP contribution in [0.15, 0.2) is 140 Å². The lowest BCUT2D eigenvalue weighted by molar-refractivity contribution is 1.42. The van der Waals surface area contributed by atoms with Crippen molar-refractivity contribution in [2.45, 2.75) is 13.8 Å². The van der Waals surface area contributed by atoms with E-state index < -0.39 is 0 Å². The molecule has 0 amide bonds. The molecular formula is C51H29N3. The molecule has 0 fully saturated rings. The highest BCUT2D eigenvalue weighted by atomic mass is 14.3. The zero-order valence-corrected chi connectivity index (χ0v) is 29.6. The molecule has 1 aliphatic rings. The lowest BCUT2D eigenvalue weighted by atomic mass is 9.84. The smallest absolute Gasteiger partial charge is 0.0991 e. The van der Waals surface area contributed by atoms with Crippen LogP contribution in [0.1, 0.15) is 27.8 Å².